The molecule has 0 unspecified atom stereocenters. The highest BCUT2D eigenvalue weighted by molar-refractivity contribution is 5.46. The molecule has 2 aliphatic heterocycles. The van der Waals surface area contributed by atoms with Crippen molar-refractivity contribution in [3.05, 3.63) is 66.2 Å². The largest absolute Gasteiger partial charge is 0.369 e. The van der Waals surface area contributed by atoms with E-state index in [2.05, 4.69) is 75.4 Å². The number of piperazine rings is 1. The minimum atomic E-state index is 0.758. The number of likely N-dealkylation sites (tertiary alicyclic amines) is 1. The van der Waals surface area contributed by atoms with Gasteiger partial charge in [0.2, 0.25) is 0 Å². The number of nitrogens with zero attached hydrogens (tertiary/aromatic N) is 3. The average Bonchev–Trinajstić information content (AvgIpc) is 2.76. The van der Waals surface area contributed by atoms with E-state index in [0.29, 0.717) is 0 Å². The van der Waals surface area contributed by atoms with Crippen molar-refractivity contribution in [2.24, 2.45) is 0 Å². The van der Waals surface area contributed by atoms with E-state index in [1.807, 2.05) is 0 Å². The maximum absolute atomic E-state index is 2.75. The van der Waals surface area contributed by atoms with Crippen LogP contribution < -0.4 is 4.90 Å². The number of piperidine rings is 1. The fourth-order valence-electron chi connectivity index (χ4n) is 4.67. The van der Waals surface area contributed by atoms with Crippen molar-refractivity contribution in [1.29, 1.82) is 0 Å². The van der Waals surface area contributed by atoms with Gasteiger partial charge in [0.1, 0.15) is 0 Å². The molecule has 2 aromatic rings. The lowest BCUT2D eigenvalue weighted by molar-refractivity contribution is 0.0920. The Kier molecular flexibility index (Phi) is 6.44. The molecule has 0 bridgehead atoms. The summed E-state index contributed by atoms with van der Waals surface area (Å²) in [6, 6.07) is 22.6. The van der Waals surface area contributed by atoms with E-state index < -0.39 is 0 Å². The van der Waals surface area contributed by atoms with Gasteiger partial charge < -0.3 is 9.80 Å². The van der Waals surface area contributed by atoms with Crippen LogP contribution in [0.4, 0.5) is 5.69 Å². The quantitative estimate of drug-likeness (QED) is 0.770. The van der Waals surface area contributed by atoms with Crippen LogP contribution in [0, 0.1) is 0 Å². The summed E-state index contributed by atoms with van der Waals surface area (Å²) in [5.41, 5.74) is 2.85. The summed E-state index contributed by atoms with van der Waals surface area (Å²) in [6.07, 6.45) is 5.21. The van der Waals surface area contributed by atoms with Gasteiger partial charge in [0.25, 0.3) is 0 Å². The number of aryl methyl sites for hydroxylation is 1. The van der Waals surface area contributed by atoms with Crippen LogP contribution in [-0.4, -0.2) is 61.7 Å². The lowest BCUT2D eigenvalue weighted by Gasteiger charge is -2.44. The highest BCUT2D eigenvalue weighted by Gasteiger charge is 2.27. The standard InChI is InChI=1S/C24H33N3/c1-3-9-22(10-4-1)11-7-15-25-16-8-14-24(21-25)27-19-17-26(18-20-27)23-12-5-2-6-13-23/h1-6,9-10,12-13,24H,7-8,11,14-21H2/t24-/m0/s1. The second kappa shape index (κ2) is 9.38. The zero-order valence-corrected chi connectivity index (χ0v) is 16.5. The molecule has 0 radical (unpaired) electrons. The third-order valence-corrected chi connectivity index (χ3v) is 6.22. The maximum atomic E-state index is 2.75. The van der Waals surface area contributed by atoms with Crippen LogP contribution in [0.25, 0.3) is 0 Å². The molecule has 3 nitrogen and oxygen atoms in total. The molecule has 1 atom stereocenters. The van der Waals surface area contributed by atoms with E-state index in [9.17, 15) is 0 Å². The monoisotopic (exact) mass is 363 g/mol. The highest BCUT2D eigenvalue weighted by Crippen LogP contribution is 2.21. The first-order chi connectivity index (χ1) is 13.4. The summed E-state index contributed by atoms with van der Waals surface area (Å²) in [5, 5.41) is 0. The van der Waals surface area contributed by atoms with Gasteiger partial charge >= 0.3 is 0 Å². The van der Waals surface area contributed by atoms with Crippen molar-refractivity contribution in [2.45, 2.75) is 31.7 Å². The first-order valence-electron chi connectivity index (χ1n) is 10.7. The van der Waals surface area contributed by atoms with Crippen molar-refractivity contribution in [2.75, 3.05) is 50.7 Å². The van der Waals surface area contributed by atoms with E-state index in [1.165, 1.54) is 69.7 Å². The molecule has 0 saturated carbocycles. The third-order valence-electron chi connectivity index (χ3n) is 6.22. The van der Waals surface area contributed by atoms with Gasteiger partial charge in [-0.3, -0.25) is 4.90 Å². The molecule has 2 saturated heterocycles. The van der Waals surface area contributed by atoms with Gasteiger partial charge in [-0.15, -0.1) is 0 Å². The van der Waals surface area contributed by atoms with Gasteiger partial charge in [0, 0.05) is 44.5 Å². The normalized spacial score (nSPS) is 22.1. The van der Waals surface area contributed by atoms with Crippen molar-refractivity contribution in [1.82, 2.24) is 9.80 Å². The summed E-state index contributed by atoms with van der Waals surface area (Å²) in [7, 11) is 0. The van der Waals surface area contributed by atoms with Gasteiger partial charge in [-0.25, -0.2) is 0 Å². The second-order valence-electron chi connectivity index (χ2n) is 8.04. The molecule has 0 aliphatic carbocycles. The molecular formula is C24H33N3. The zero-order chi connectivity index (χ0) is 18.3. The van der Waals surface area contributed by atoms with Crippen LogP contribution in [0.2, 0.25) is 0 Å². The minimum Gasteiger partial charge on any atom is -0.369 e. The fourth-order valence-corrected chi connectivity index (χ4v) is 4.67. The number of anilines is 1. The predicted octanol–water partition coefficient (Wildman–Crippen LogP) is 3.91. The molecule has 2 aromatic carbocycles. The van der Waals surface area contributed by atoms with Gasteiger partial charge in [0.05, 0.1) is 0 Å². The molecular weight excluding hydrogens is 330 g/mol. The number of hydrogen-bond donors (Lipinski definition) is 0. The van der Waals surface area contributed by atoms with Crippen LogP contribution in [-0.2, 0) is 6.42 Å². The van der Waals surface area contributed by atoms with Gasteiger partial charge in [-0.05, 0) is 56.5 Å². The van der Waals surface area contributed by atoms with Crippen LogP contribution in [0.1, 0.15) is 24.8 Å². The molecule has 27 heavy (non-hydrogen) atoms. The van der Waals surface area contributed by atoms with Crippen LogP contribution in [0.5, 0.6) is 0 Å². The van der Waals surface area contributed by atoms with Crippen LogP contribution >= 0.6 is 0 Å². The lowest BCUT2D eigenvalue weighted by Crippen LogP contribution is -2.55. The Labute approximate surface area is 164 Å². The molecule has 2 aliphatic rings. The van der Waals surface area contributed by atoms with Gasteiger partial charge in [-0.1, -0.05) is 48.5 Å². The lowest BCUT2D eigenvalue weighted by atomic mass is 10.0. The average molecular weight is 364 g/mol. The third kappa shape index (κ3) is 5.12. The first-order valence-corrected chi connectivity index (χ1v) is 10.7. The Morgan fingerprint density at radius 3 is 2.22 bits per heavy atom. The maximum Gasteiger partial charge on any atom is 0.0367 e. The molecule has 3 heteroatoms. The van der Waals surface area contributed by atoms with E-state index in [1.54, 1.807) is 0 Å². The van der Waals surface area contributed by atoms with Crippen molar-refractivity contribution in [3.63, 3.8) is 0 Å². The number of hydrogen-bond acceptors (Lipinski definition) is 3. The molecule has 0 amide bonds. The molecule has 0 aromatic heterocycles. The summed E-state index contributed by atoms with van der Waals surface area (Å²) in [4.78, 5) is 8.00. The predicted molar refractivity (Wildman–Crippen MR) is 114 cm³/mol. The van der Waals surface area contributed by atoms with Crippen LogP contribution in [0.15, 0.2) is 60.7 Å². The Bertz CT molecular complexity index is 665. The smallest absolute Gasteiger partial charge is 0.0367 e. The van der Waals surface area contributed by atoms with Gasteiger partial charge in [-0.2, -0.15) is 0 Å². The van der Waals surface area contributed by atoms with Crippen molar-refractivity contribution < 1.29 is 0 Å². The first kappa shape index (κ1) is 18.5. The zero-order valence-electron chi connectivity index (χ0n) is 16.5. The molecule has 2 fully saturated rings. The number of rotatable bonds is 6. The van der Waals surface area contributed by atoms with Gasteiger partial charge in [0.15, 0.2) is 0 Å². The Morgan fingerprint density at radius 2 is 1.48 bits per heavy atom. The highest BCUT2D eigenvalue weighted by atomic mass is 15.3. The van der Waals surface area contributed by atoms with E-state index in [0.717, 1.165) is 19.1 Å². The van der Waals surface area contributed by atoms with E-state index >= 15 is 0 Å². The SMILES string of the molecule is c1ccc(CCCN2CCC[C@H](N3CCN(c4ccccc4)CC3)C2)cc1. The summed E-state index contributed by atoms with van der Waals surface area (Å²) in [6.45, 7) is 8.53. The Morgan fingerprint density at radius 1 is 0.778 bits per heavy atom. The molecule has 0 spiro atoms. The molecule has 0 N–H and O–H groups in total. The molecule has 144 valence electrons. The van der Waals surface area contributed by atoms with E-state index in [-0.39, 0.29) is 0 Å². The van der Waals surface area contributed by atoms with Crippen molar-refractivity contribution in [3.8, 4) is 0 Å². The van der Waals surface area contributed by atoms with E-state index in [4.69, 9.17) is 0 Å². The minimum absolute atomic E-state index is 0.758. The fraction of sp³-hybridized carbons (Fsp3) is 0.500. The van der Waals surface area contributed by atoms with Crippen molar-refractivity contribution >= 4 is 5.69 Å². The molecule has 2 heterocycles. The topological polar surface area (TPSA) is 9.72 Å². The van der Waals surface area contributed by atoms with Crippen LogP contribution in [0.3, 0.4) is 0 Å². The number of para-hydroxylation sites is 1. The number of benzene rings is 2. The summed E-state index contributed by atoms with van der Waals surface area (Å²) in [5.74, 6) is 0. The Balaban J connectivity index is 1.22. The molecule has 4 rings (SSSR count). The second-order valence-corrected chi connectivity index (χ2v) is 8.04. The summed E-state index contributed by atoms with van der Waals surface area (Å²) >= 11 is 0. The summed E-state index contributed by atoms with van der Waals surface area (Å²) < 4.78 is 0. The Hall–Kier alpha value is -1.84.